The summed E-state index contributed by atoms with van der Waals surface area (Å²) < 4.78 is 5.33. The molecule has 1 heterocycles. The first kappa shape index (κ1) is 10.4. The topological polar surface area (TPSA) is 21.3 Å². The normalized spacial score (nSPS) is 15.4. The molecule has 0 saturated heterocycles. The zero-order valence-corrected chi connectivity index (χ0v) is 9.69. The van der Waals surface area contributed by atoms with Crippen LogP contribution in [-0.2, 0) is 11.2 Å². The summed E-state index contributed by atoms with van der Waals surface area (Å²) in [5, 5.41) is 4.09. The largest absolute Gasteiger partial charge is 0.499 e. The molecule has 1 aliphatic rings. The number of hydrogen-bond donors (Lipinski definition) is 1. The van der Waals surface area contributed by atoms with Gasteiger partial charge in [-0.25, -0.2) is 0 Å². The molecule has 1 N–H and O–H groups in total. The minimum Gasteiger partial charge on any atom is -0.499 e. The number of halogens is 1. The number of ether oxygens (including phenoxy) is 1. The van der Waals surface area contributed by atoms with E-state index in [1.54, 1.807) is 7.11 Å². The van der Waals surface area contributed by atoms with Gasteiger partial charge in [0.05, 0.1) is 13.7 Å². The second-order valence-corrected chi connectivity index (χ2v) is 4.18. The van der Waals surface area contributed by atoms with Crippen molar-refractivity contribution in [2.75, 3.05) is 19.0 Å². The third-order valence-electron chi connectivity index (χ3n) is 2.69. The van der Waals surface area contributed by atoms with Gasteiger partial charge < -0.3 is 10.1 Å². The van der Waals surface area contributed by atoms with Crippen molar-refractivity contribution < 1.29 is 4.74 Å². The number of benzene rings is 1. The Morgan fingerprint density at radius 1 is 1.40 bits per heavy atom. The summed E-state index contributed by atoms with van der Waals surface area (Å²) in [6.45, 7) is 2.83. The van der Waals surface area contributed by atoms with Crippen molar-refractivity contribution in [3.63, 3.8) is 0 Å². The van der Waals surface area contributed by atoms with Crippen LogP contribution in [0, 0.1) is 0 Å². The summed E-state index contributed by atoms with van der Waals surface area (Å²) in [4.78, 5) is 0. The van der Waals surface area contributed by atoms with Gasteiger partial charge in [-0.05, 0) is 36.6 Å². The van der Waals surface area contributed by atoms with E-state index in [1.165, 1.54) is 11.1 Å². The fourth-order valence-electron chi connectivity index (χ4n) is 1.82. The zero-order valence-electron chi connectivity index (χ0n) is 8.93. The Hall–Kier alpha value is -1.15. The average Bonchev–Trinajstić information content (AvgIpc) is 2.36. The van der Waals surface area contributed by atoms with Crippen LogP contribution in [0.25, 0.3) is 0 Å². The number of anilines is 1. The summed E-state index contributed by atoms with van der Waals surface area (Å²) in [5.74, 6) is 1.02. The Balaban J connectivity index is 2.36. The van der Waals surface area contributed by atoms with Gasteiger partial charge in [0.15, 0.2) is 0 Å². The second-order valence-electron chi connectivity index (χ2n) is 3.74. The molecule has 0 atom stereocenters. The van der Waals surface area contributed by atoms with Crippen molar-refractivity contribution in [2.45, 2.75) is 13.3 Å². The lowest BCUT2D eigenvalue weighted by atomic mass is 10.1. The fourth-order valence-corrected chi connectivity index (χ4v) is 2.00. The van der Waals surface area contributed by atoms with Crippen LogP contribution in [0.5, 0.6) is 0 Å². The maximum atomic E-state index is 5.95. The smallest absolute Gasteiger partial charge is 0.114 e. The van der Waals surface area contributed by atoms with E-state index >= 15 is 0 Å². The van der Waals surface area contributed by atoms with Gasteiger partial charge in [0.1, 0.15) is 5.76 Å². The van der Waals surface area contributed by atoms with Crippen molar-refractivity contribution in [3.05, 3.63) is 40.1 Å². The first-order valence-electron chi connectivity index (χ1n) is 4.95. The lowest BCUT2D eigenvalue weighted by Gasteiger charge is -2.08. The predicted octanol–water partition coefficient (Wildman–Crippen LogP) is 3.23. The second kappa shape index (κ2) is 4.15. The lowest BCUT2D eigenvalue weighted by Crippen LogP contribution is -2.05. The Morgan fingerprint density at radius 3 is 2.93 bits per heavy atom. The molecule has 0 fully saturated rings. The van der Waals surface area contributed by atoms with Crippen LogP contribution in [-0.4, -0.2) is 13.7 Å². The molecule has 1 aromatic carbocycles. The van der Waals surface area contributed by atoms with E-state index in [0.717, 1.165) is 29.4 Å². The Morgan fingerprint density at radius 2 is 2.20 bits per heavy atom. The van der Waals surface area contributed by atoms with E-state index in [2.05, 4.69) is 18.3 Å². The first-order chi connectivity index (χ1) is 7.20. The van der Waals surface area contributed by atoms with Crippen molar-refractivity contribution in [1.29, 1.82) is 0 Å². The molecular weight excluding hydrogens is 210 g/mol. The molecule has 0 aliphatic carbocycles. The molecule has 0 radical (unpaired) electrons. The van der Waals surface area contributed by atoms with Gasteiger partial charge in [-0.3, -0.25) is 0 Å². The van der Waals surface area contributed by atoms with Crippen molar-refractivity contribution in [3.8, 4) is 0 Å². The highest BCUT2D eigenvalue weighted by molar-refractivity contribution is 6.30. The highest BCUT2D eigenvalue weighted by Gasteiger charge is 2.12. The molecule has 80 valence electrons. The fraction of sp³-hybridized carbons (Fsp3) is 0.333. The molecular formula is C12H14ClNO. The van der Waals surface area contributed by atoms with Gasteiger partial charge in [-0.15, -0.1) is 0 Å². The van der Waals surface area contributed by atoms with Gasteiger partial charge in [0.25, 0.3) is 0 Å². The SMILES string of the molecule is COC1=C(C)Cc2ccc(Cl)cc2NC1. The van der Waals surface area contributed by atoms with Crippen LogP contribution >= 0.6 is 11.6 Å². The monoisotopic (exact) mass is 223 g/mol. The quantitative estimate of drug-likeness (QED) is 0.789. The molecule has 0 amide bonds. The molecule has 0 unspecified atom stereocenters. The van der Waals surface area contributed by atoms with E-state index in [4.69, 9.17) is 16.3 Å². The highest BCUT2D eigenvalue weighted by atomic mass is 35.5. The molecule has 0 saturated carbocycles. The molecule has 0 bridgehead atoms. The summed E-state index contributed by atoms with van der Waals surface area (Å²) in [5.41, 5.74) is 3.64. The molecule has 15 heavy (non-hydrogen) atoms. The molecule has 3 heteroatoms. The van der Waals surface area contributed by atoms with Gasteiger partial charge in [-0.1, -0.05) is 17.7 Å². The molecule has 0 aromatic heterocycles. The number of fused-ring (bicyclic) bond motifs is 1. The Kier molecular flexibility index (Phi) is 2.87. The number of methoxy groups -OCH3 is 1. The summed E-state index contributed by atoms with van der Waals surface area (Å²) in [6, 6.07) is 5.95. The summed E-state index contributed by atoms with van der Waals surface area (Å²) in [6.07, 6.45) is 0.919. The highest BCUT2D eigenvalue weighted by Crippen LogP contribution is 2.27. The number of rotatable bonds is 1. The first-order valence-corrected chi connectivity index (χ1v) is 5.33. The van der Waals surface area contributed by atoms with Gasteiger partial charge in [-0.2, -0.15) is 0 Å². The van der Waals surface area contributed by atoms with Crippen LogP contribution in [0.4, 0.5) is 5.69 Å². The van der Waals surface area contributed by atoms with Crippen molar-refractivity contribution >= 4 is 17.3 Å². The number of nitrogens with one attached hydrogen (secondary N) is 1. The van der Waals surface area contributed by atoms with Crippen LogP contribution < -0.4 is 5.32 Å². The van der Waals surface area contributed by atoms with Crippen LogP contribution in [0.3, 0.4) is 0 Å². The Labute approximate surface area is 94.9 Å². The average molecular weight is 224 g/mol. The summed E-state index contributed by atoms with van der Waals surface area (Å²) >= 11 is 5.95. The van der Waals surface area contributed by atoms with Crippen LogP contribution in [0.1, 0.15) is 12.5 Å². The van der Waals surface area contributed by atoms with Crippen LogP contribution in [0.2, 0.25) is 5.02 Å². The van der Waals surface area contributed by atoms with Crippen molar-refractivity contribution in [2.24, 2.45) is 0 Å². The predicted molar refractivity (Wildman–Crippen MR) is 63.4 cm³/mol. The van der Waals surface area contributed by atoms with E-state index < -0.39 is 0 Å². The molecule has 2 rings (SSSR count). The molecule has 1 aliphatic heterocycles. The molecule has 0 spiro atoms. The summed E-state index contributed by atoms with van der Waals surface area (Å²) in [7, 11) is 1.71. The number of hydrogen-bond acceptors (Lipinski definition) is 2. The minimum absolute atomic E-state index is 0.732. The van der Waals surface area contributed by atoms with Crippen molar-refractivity contribution in [1.82, 2.24) is 0 Å². The lowest BCUT2D eigenvalue weighted by molar-refractivity contribution is 0.284. The van der Waals surface area contributed by atoms with Gasteiger partial charge >= 0.3 is 0 Å². The third kappa shape index (κ3) is 2.10. The maximum Gasteiger partial charge on any atom is 0.114 e. The van der Waals surface area contributed by atoms with E-state index in [9.17, 15) is 0 Å². The van der Waals surface area contributed by atoms with E-state index in [-0.39, 0.29) is 0 Å². The number of allylic oxidation sites excluding steroid dienone is 1. The van der Waals surface area contributed by atoms with Gasteiger partial charge in [0.2, 0.25) is 0 Å². The van der Waals surface area contributed by atoms with E-state index in [1.807, 2.05) is 12.1 Å². The molecule has 2 nitrogen and oxygen atoms in total. The van der Waals surface area contributed by atoms with E-state index in [0.29, 0.717) is 0 Å². The zero-order chi connectivity index (χ0) is 10.8. The standard InChI is InChI=1S/C12H14ClNO/c1-8-5-9-3-4-10(13)6-11(9)14-7-12(8)15-2/h3-4,6,14H,5,7H2,1-2H3. The van der Waals surface area contributed by atoms with Crippen LogP contribution in [0.15, 0.2) is 29.5 Å². The maximum absolute atomic E-state index is 5.95. The Bertz CT molecular complexity index is 412. The van der Waals surface area contributed by atoms with Gasteiger partial charge in [0, 0.05) is 10.7 Å². The minimum atomic E-state index is 0.732. The third-order valence-corrected chi connectivity index (χ3v) is 2.92. The molecule has 1 aromatic rings.